The number of nitrogens with one attached hydrogen (secondary N) is 1. The van der Waals surface area contributed by atoms with Crippen LogP contribution in [0.2, 0.25) is 0 Å². The van der Waals surface area contributed by atoms with Crippen LogP contribution in [0.3, 0.4) is 0 Å². The van der Waals surface area contributed by atoms with Crippen molar-refractivity contribution in [1.29, 1.82) is 0 Å². The summed E-state index contributed by atoms with van der Waals surface area (Å²) in [4.78, 5) is 20.5. The summed E-state index contributed by atoms with van der Waals surface area (Å²) in [5, 5.41) is 17.1. The summed E-state index contributed by atoms with van der Waals surface area (Å²) >= 11 is 1.29. The molecular formula is C20H22F3N5O3S. The average Bonchev–Trinajstić information content (AvgIpc) is 3.31. The molecule has 1 amide bonds. The van der Waals surface area contributed by atoms with Gasteiger partial charge in [-0.1, -0.05) is 5.16 Å². The van der Waals surface area contributed by atoms with Crippen molar-refractivity contribution in [2.45, 2.75) is 42.8 Å². The molecule has 0 saturated carbocycles. The lowest BCUT2D eigenvalue weighted by Crippen LogP contribution is -2.46. The van der Waals surface area contributed by atoms with E-state index in [1.54, 1.807) is 13.0 Å². The van der Waals surface area contributed by atoms with E-state index >= 15 is 0 Å². The summed E-state index contributed by atoms with van der Waals surface area (Å²) in [6.07, 6.45) is -1.77. The maximum Gasteiger partial charge on any atom is 0.424 e. The number of amides is 1. The van der Waals surface area contributed by atoms with E-state index in [1.807, 2.05) is 6.92 Å². The number of nitrogens with zero attached hydrogens (tertiary/aromatic N) is 4. The van der Waals surface area contributed by atoms with Gasteiger partial charge in [-0.05, 0) is 26.0 Å². The van der Waals surface area contributed by atoms with Crippen molar-refractivity contribution in [1.82, 2.24) is 25.0 Å². The van der Waals surface area contributed by atoms with Crippen molar-refractivity contribution in [3.63, 3.8) is 0 Å². The third-order valence-corrected chi connectivity index (χ3v) is 6.01. The molecule has 3 rings (SSSR count). The fourth-order valence-corrected chi connectivity index (χ4v) is 4.27. The molecule has 0 aliphatic rings. The highest BCUT2D eigenvalue weighted by Gasteiger charge is 2.57. The van der Waals surface area contributed by atoms with Crippen LogP contribution in [0.25, 0.3) is 0 Å². The number of aliphatic hydroxyl groups is 1. The Kier molecular flexibility index (Phi) is 6.94. The molecule has 0 saturated heterocycles. The number of hydrogen-bond donors (Lipinski definition) is 2. The molecule has 12 heteroatoms. The SMILES string of the molecule is Cc1noc(C)c1CSc1ncccc1C(=O)NCCC(O)(c1nccn1C)C(F)(F)F. The lowest BCUT2D eigenvalue weighted by molar-refractivity contribution is -0.272. The van der Waals surface area contributed by atoms with Crippen LogP contribution in [0, 0.1) is 13.8 Å². The van der Waals surface area contributed by atoms with E-state index in [1.165, 1.54) is 43.5 Å². The predicted molar refractivity (Wildman–Crippen MR) is 110 cm³/mol. The van der Waals surface area contributed by atoms with E-state index in [9.17, 15) is 23.1 Å². The quantitative estimate of drug-likeness (QED) is 0.488. The first kappa shape index (κ1) is 23.8. The Hall–Kier alpha value is -2.86. The zero-order valence-corrected chi connectivity index (χ0v) is 18.4. The van der Waals surface area contributed by atoms with Gasteiger partial charge < -0.3 is 19.5 Å². The topological polar surface area (TPSA) is 106 Å². The van der Waals surface area contributed by atoms with Crippen LogP contribution < -0.4 is 5.32 Å². The van der Waals surface area contributed by atoms with Gasteiger partial charge >= 0.3 is 6.18 Å². The normalized spacial score (nSPS) is 13.7. The highest BCUT2D eigenvalue weighted by Crippen LogP contribution is 2.40. The minimum atomic E-state index is -4.97. The molecule has 8 nitrogen and oxygen atoms in total. The first-order valence-corrected chi connectivity index (χ1v) is 10.6. The van der Waals surface area contributed by atoms with E-state index in [0.29, 0.717) is 16.5 Å². The zero-order valence-electron chi connectivity index (χ0n) is 17.6. The van der Waals surface area contributed by atoms with Crippen molar-refractivity contribution in [3.05, 3.63) is 59.1 Å². The number of aromatic nitrogens is 4. The molecule has 0 radical (unpaired) electrons. The fraction of sp³-hybridized carbons (Fsp3) is 0.400. The fourth-order valence-electron chi connectivity index (χ4n) is 3.12. The zero-order chi connectivity index (χ0) is 23.5. The number of aryl methyl sites for hydroxylation is 3. The number of alkyl halides is 3. The third-order valence-electron chi connectivity index (χ3n) is 4.98. The molecule has 0 fully saturated rings. The lowest BCUT2D eigenvalue weighted by atomic mass is 9.97. The number of thioether (sulfide) groups is 1. The summed E-state index contributed by atoms with van der Waals surface area (Å²) in [6.45, 7) is 3.16. The van der Waals surface area contributed by atoms with Crippen LogP contribution >= 0.6 is 11.8 Å². The summed E-state index contributed by atoms with van der Waals surface area (Å²) in [5.74, 6) is -0.0106. The summed E-state index contributed by atoms with van der Waals surface area (Å²) in [5.41, 5.74) is -1.36. The Morgan fingerprint density at radius 2 is 2.03 bits per heavy atom. The van der Waals surface area contributed by atoms with Gasteiger partial charge in [0.25, 0.3) is 5.91 Å². The van der Waals surface area contributed by atoms with Crippen molar-refractivity contribution >= 4 is 17.7 Å². The number of carbonyl (C=O) groups is 1. The number of rotatable bonds is 8. The molecule has 3 aromatic heterocycles. The molecule has 0 aromatic carbocycles. The van der Waals surface area contributed by atoms with Crippen LogP contribution in [0.1, 0.15) is 39.6 Å². The number of halogens is 3. The molecule has 1 atom stereocenters. The van der Waals surface area contributed by atoms with E-state index in [4.69, 9.17) is 4.52 Å². The van der Waals surface area contributed by atoms with Crippen LogP contribution in [-0.4, -0.2) is 43.4 Å². The van der Waals surface area contributed by atoms with Crippen LogP contribution in [-0.2, 0) is 18.4 Å². The van der Waals surface area contributed by atoms with Crippen LogP contribution in [0.5, 0.6) is 0 Å². The standard InChI is InChI=1S/C20H22F3N5O3S/c1-12-15(13(2)31-27-12)11-32-17-14(5-4-7-25-17)16(29)24-8-6-19(30,20(21,22)23)18-26-9-10-28(18)3/h4-5,7,9-10,30H,6,8,11H2,1-3H3,(H,24,29). The molecule has 1 unspecified atom stereocenters. The lowest BCUT2D eigenvalue weighted by Gasteiger charge is -2.30. The summed E-state index contributed by atoms with van der Waals surface area (Å²) in [7, 11) is 1.36. The van der Waals surface area contributed by atoms with E-state index in [2.05, 4.69) is 20.4 Å². The van der Waals surface area contributed by atoms with Crippen LogP contribution in [0.4, 0.5) is 13.2 Å². The van der Waals surface area contributed by atoms with Gasteiger partial charge in [-0.3, -0.25) is 4.79 Å². The minimum absolute atomic E-state index is 0.219. The van der Waals surface area contributed by atoms with Gasteiger partial charge in [-0.25, -0.2) is 9.97 Å². The highest BCUT2D eigenvalue weighted by molar-refractivity contribution is 7.98. The number of carbonyl (C=O) groups excluding carboxylic acids is 1. The average molecular weight is 469 g/mol. The van der Waals surface area contributed by atoms with Gasteiger partial charge in [0.2, 0.25) is 5.60 Å². The first-order valence-electron chi connectivity index (χ1n) is 9.59. The Labute approximate surface area is 186 Å². The highest BCUT2D eigenvalue weighted by atomic mass is 32.2. The van der Waals surface area contributed by atoms with Gasteiger partial charge in [0.15, 0.2) is 0 Å². The second kappa shape index (κ2) is 9.33. The molecule has 0 bridgehead atoms. The largest absolute Gasteiger partial charge is 0.424 e. The smallest absolute Gasteiger partial charge is 0.374 e. The monoisotopic (exact) mass is 469 g/mol. The first-order chi connectivity index (χ1) is 15.0. The van der Waals surface area contributed by atoms with Gasteiger partial charge in [-0.15, -0.1) is 11.8 Å². The second-order valence-corrected chi connectivity index (χ2v) is 8.14. The van der Waals surface area contributed by atoms with Crippen molar-refractivity contribution in [2.75, 3.05) is 6.54 Å². The maximum atomic E-state index is 13.6. The second-order valence-electron chi connectivity index (χ2n) is 7.17. The van der Waals surface area contributed by atoms with Crippen LogP contribution in [0.15, 0.2) is 40.3 Å². The number of hydrogen-bond acceptors (Lipinski definition) is 7. The Bertz CT molecular complexity index is 1080. The molecule has 2 N–H and O–H groups in total. The minimum Gasteiger partial charge on any atom is -0.374 e. The molecule has 0 spiro atoms. The third kappa shape index (κ3) is 4.80. The summed E-state index contributed by atoms with van der Waals surface area (Å²) < 4.78 is 47.1. The van der Waals surface area contributed by atoms with Gasteiger partial charge in [0.05, 0.1) is 11.3 Å². The Morgan fingerprint density at radius 1 is 1.28 bits per heavy atom. The molecule has 3 aromatic rings. The molecule has 0 aliphatic carbocycles. The molecule has 0 aliphatic heterocycles. The van der Waals surface area contributed by atoms with Gasteiger partial charge in [-0.2, -0.15) is 13.2 Å². The van der Waals surface area contributed by atoms with E-state index in [0.717, 1.165) is 15.8 Å². The van der Waals surface area contributed by atoms with E-state index < -0.39 is 36.5 Å². The predicted octanol–water partition coefficient (Wildman–Crippen LogP) is 3.28. The molecule has 3 heterocycles. The van der Waals surface area contributed by atoms with Crippen molar-refractivity contribution in [2.24, 2.45) is 7.05 Å². The Balaban J connectivity index is 1.69. The maximum absolute atomic E-state index is 13.6. The van der Waals surface area contributed by atoms with Crippen molar-refractivity contribution in [3.8, 4) is 0 Å². The Morgan fingerprint density at radius 3 is 2.62 bits per heavy atom. The van der Waals surface area contributed by atoms with E-state index in [-0.39, 0.29) is 5.56 Å². The number of imidazole rings is 1. The molecule has 32 heavy (non-hydrogen) atoms. The number of pyridine rings is 1. The summed E-state index contributed by atoms with van der Waals surface area (Å²) in [6, 6.07) is 3.10. The molecular weight excluding hydrogens is 447 g/mol. The van der Waals surface area contributed by atoms with Gasteiger partial charge in [0.1, 0.15) is 16.6 Å². The van der Waals surface area contributed by atoms with Gasteiger partial charge in [0, 0.05) is 49.9 Å². The molecule has 172 valence electrons. The van der Waals surface area contributed by atoms with Crippen molar-refractivity contribution < 1.29 is 27.6 Å².